The van der Waals surface area contributed by atoms with Crippen LogP contribution in [0.25, 0.3) is 0 Å². The Labute approximate surface area is 99.8 Å². The van der Waals surface area contributed by atoms with Crippen LogP contribution in [0, 0.1) is 18.3 Å². The molecule has 0 atom stereocenters. The van der Waals surface area contributed by atoms with Crippen LogP contribution in [0.4, 0.5) is 0 Å². The lowest BCUT2D eigenvalue weighted by atomic mass is 9.81. The molecular formula is C12H18O5. The second kappa shape index (κ2) is 4.77. The molecule has 5 heteroatoms. The molecule has 0 aromatic carbocycles. The van der Waals surface area contributed by atoms with Crippen LogP contribution in [-0.2, 0) is 16.1 Å². The quantitative estimate of drug-likeness (QED) is 0.757. The minimum absolute atomic E-state index is 0.0768. The van der Waals surface area contributed by atoms with Crippen molar-refractivity contribution in [2.75, 3.05) is 0 Å². The zero-order chi connectivity index (χ0) is 13.2. The molecule has 0 amide bonds. The highest BCUT2D eigenvalue weighted by Crippen LogP contribution is 2.28. The Hall–Kier alpha value is -1.52. The van der Waals surface area contributed by atoms with E-state index in [1.165, 1.54) is 0 Å². The molecular weight excluding hydrogens is 224 g/mol. The van der Waals surface area contributed by atoms with Crippen molar-refractivity contribution in [2.24, 2.45) is 11.3 Å². The van der Waals surface area contributed by atoms with Gasteiger partial charge in [0, 0.05) is 0 Å². The number of hydrogen-bond acceptors (Lipinski definition) is 5. The Morgan fingerprint density at radius 1 is 1.35 bits per heavy atom. The van der Waals surface area contributed by atoms with Crippen LogP contribution in [0.1, 0.15) is 39.2 Å². The largest absolute Gasteiger partial charge is 0.519 e. The maximum atomic E-state index is 11.8. The van der Waals surface area contributed by atoms with E-state index in [0.717, 1.165) is 0 Å². The molecule has 0 N–H and O–H groups in total. The predicted molar refractivity (Wildman–Crippen MR) is 60.4 cm³/mol. The summed E-state index contributed by atoms with van der Waals surface area (Å²) in [6, 6.07) is 0. The molecule has 1 aromatic heterocycles. The van der Waals surface area contributed by atoms with E-state index >= 15 is 0 Å². The van der Waals surface area contributed by atoms with E-state index in [4.69, 9.17) is 9.15 Å². The molecule has 17 heavy (non-hydrogen) atoms. The first-order chi connectivity index (χ1) is 7.75. The summed E-state index contributed by atoms with van der Waals surface area (Å²) in [5.41, 5.74) is -0.571. The molecule has 0 unspecified atom stereocenters. The fourth-order valence-electron chi connectivity index (χ4n) is 1.06. The number of aryl methyl sites for hydroxylation is 1. The van der Waals surface area contributed by atoms with Crippen molar-refractivity contribution in [2.45, 2.75) is 41.2 Å². The summed E-state index contributed by atoms with van der Waals surface area (Å²) in [7, 11) is 0. The average Bonchev–Trinajstić information content (AvgIpc) is 2.53. The summed E-state index contributed by atoms with van der Waals surface area (Å²) in [5, 5.41) is 0. The summed E-state index contributed by atoms with van der Waals surface area (Å²) in [4.78, 5) is 22.6. The van der Waals surface area contributed by atoms with Gasteiger partial charge in [0.2, 0.25) is 0 Å². The SMILES string of the molecule is Cc1oc(=O)oc1COC(=O)C(C)(C)C(C)C. The smallest absolute Gasteiger partial charge is 0.457 e. The molecule has 0 fully saturated rings. The highest BCUT2D eigenvalue weighted by atomic mass is 16.6. The molecule has 1 rings (SSSR count). The summed E-state index contributed by atoms with van der Waals surface area (Å²) < 4.78 is 14.5. The van der Waals surface area contributed by atoms with E-state index in [9.17, 15) is 9.59 Å². The Morgan fingerprint density at radius 3 is 2.35 bits per heavy atom. The first-order valence-corrected chi connectivity index (χ1v) is 5.51. The van der Waals surface area contributed by atoms with Crippen LogP contribution in [0.2, 0.25) is 0 Å². The van der Waals surface area contributed by atoms with Crippen molar-refractivity contribution in [1.82, 2.24) is 0 Å². The van der Waals surface area contributed by atoms with Gasteiger partial charge in [-0.25, -0.2) is 4.79 Å². The van der Waals surface area contributed by atoms with Gasteiger partial charge in [0.15, 0.2) is 18.1 Å². The summed E-state index contributed by atoms with van der Waals surface area (Å²) in [5.74, 6) is -0.354. The molecule has 0 saturated heterocycles. The standard InChI is InChI=1S/C12H18O5/c1-7(2)12(4,5)10(13)15-6-9-8(3)16-11(14)17-9/h7H,6H2,1-5H3. The third kappa shape index (κ3) is 2.99. The average molecular weight is 242 g/mol. The van der Waals surface area contributed by atoms with Crippen LogP contribution >= 0.6 is 0 Å². The first-order valence-electron chi connectivity index (χ1n) is 5.51. The van der Waals surface area contributed by atoms with Gasteiger partial charge in [-0.05, 0) is 26.7 Å². The van der Waals surface area contributed by atoms with Gasteiger partial charge in [-0.3, -0.25) is 4.79 Å². The molecule has 0 aliphatic heterocycles. The van der Waals surface area contributed by atoms with Gasteiger partial charge in [-0.1, -0.05) is 13.8 Å². The minimum Gasteiger partial charge on any atom is -0.457 e. The normalized spacial score (nSPS) is 11.9. The Bertz CT molecular complexity index is 450. The van der Waals surface area contributed by atoms with Gasteiger partial charge in [-0.2, -0.15) is 0 Å². The zero-order valence-electron chi connectivity index (χ0n) is 10.8. The first kappa shape index (κ1) is 13.5. The van der Waals surface area contributed by atoms with Crippen LogP contribution in [-0.4, -0.2) is 5.97 Å². The van der Waals surface area contributed by atoms with Crippen molar-refractivity contribution in [3.63, 3.8) is 0 Å². The number of carbonyl (C=O) groups excluding carboxylic acids is 1. The van der Waals surface area contributed by atoms with Gasteiger partial charge in [0.05, 0.1) is 5.41 Å². The maximum absolute atomic E-state index is 11.8. The van der Waals surface area contributed by atoms with Crippen LogP contribution in [0.3, 0.4) is 0 Å². The lowest BCUT2D eigenvalue weighted by molar-refractivity contribution is -0.158. The second-order valence-corrected chi connectivity index (χ2v) is 4.89. The van der Waals surface area contributed by atoms with E-state index in [1.54, 1.807) is 6.92 Å². The van der Waals surface area contributed by atoms with Crippen molar-refractivity contribution in [1.29, 1.82) is 0 Å². The topological polar surface area (TPSA) is 69.7 Å². The number of carbonyl (C=O) groups is 1. The van der Waals surface area contributed by atoms with Crippen LogP contribution in [0.15, 0.2) is 13.6 Å². The van der Waals surface area contributed by atoms with E-state index in [-0.39, 0.29) is 24.3 Å². The predicted octanol–water partition coefficient (Wildman–Crippen LogP) is 2.27. The highest BCUT2D eigenvalue weighted by molar-refractivity contribution is 5.76. The van der Waals surface area contributed by atoms with E-state index in [1.807, 2.05) is 27.7 Å². The molecule has 0 spiro atoms. The van der Waals surface area contributed by atoms with Crippen molar-refractivity contribution in [3.05, 3.63) is 22.1 Å². The van der Waals surface area contributed by atoms with E-state index in [2.05, 4.69) is 4.42 Å². The summed E-state index contributed by atoms with van der Waals surface area (Å²) >= 11 is 0. The Morgan fingerprint density at radius 2 is 1.94 bits per heavy atom. The monoisotopic (exact) mass is 242 g/mol. The van der Waals surface area contributed by atoms with Gasteiger partial charge >= 0.3 is 11.8 Å². The van der Waals surface area contributed by atoms with Crippen molar-refractivity contribution < 1.29 is 18.4 Å². The molecule has 0 saturated carbocycles. The Kier molecular flexibility index (Phi) is 3.80. The lowest BCUT2D eigenvalue weighted by Crippen LogP contribution is -2.31. The molecule has 1 aromatic rings. The van der Waals surface area contributed by atoms with Gasteiger partial charge in [0.25, 0.3) is 0 Å². The van der Waals surface area contributed by atoms with E-state index in [0.29, 0.717) is 5.76 Å². The minimum atomic E-state index is -0.781. The molecule has 0 radical (unpaired) electrons. The second-order valence-electron chi connectivity index (χ2n) is 4.89. The molecule has 1 heterocycles. The molecule has 0 aliphatic rings. The molecule has 96 valence electrons. The van der Waals surface area contributed by atoms with Gasteiger partial charge in [-0.15, -0.1) is 0 Å². The zero-order valence-corrected chi connectivity index (χ0v) is 10.8. The maximum Gasteiger partial charge on any atom is 0.519 e. The summed E-state index contributed by atoms with van der Waals surface area (Å²) in [6.45, 7) is 9.04. The van der Waals surface area contributed by atoms with Crippen molar-refractivity contribution >= 4 is 5.97 Å². The number of rotatable bonds is 4. The third-order valence-corrected chi connectivity index (χ3v) is 3.14. The highest BCUT2D eigenvalue weighted by Gasteiger charge is 2.33. The molecule has 0 aliphatic carbocycles. The molecule has 5 nitrogen and oxygen atoms in total. The lowest BCUT2D eigenvalue weighted by Gasteiger charge is -2.26. The summed E-state index contributed by atoms with van der Waals surface area (Å²) in [6.07, 6.45) is 0. The fraction of sp³-hybridized carbons (Fsp3) is 0.667. The fourth-order valence-corrected chi connectivity index (χ4v) is 1.06. The number of hydrogen-bond donors (Lipinski definition) is 0. The van der Waals surface area contributed by atoms with Crippen LogP contribution < -0.4 is 5.82 Å². The number of ether oxygens (including phenoxy) is 1. The van der Waals surface area contributed by atoms with Crippen molar-refractivity contribution in [3.8, 4) is 0 Å². The molecule has 0 bridgehead atoms. The van der Waals surface area contributed by atoms with Gasteiger partial charge in [0.1, 0.15) is 0 Å². The van der Waals surface area contributed by atoms with Crippen LogP contribution in [0.5, 0.6) is 0 Å². The van der Waals surface area contributed by atoms with E-state index < -0.39 is 11.2 Å². The number of esters is 1. The third-order valence-electron chi connectivity index (χ3n) is 3.14. The Balaban J connectivity index is 2.66. The van der Waals surface area contributed by atoms with Gasteiger partial charge < -0.3 is 13.6 Å².